The summed E-state index contributed by atoms with van der Waals surface area (Å²) in [5.74, 6) is -1.13. The maximum absolute atomic E-state index is 12.4. The molecule has 0 unspecified atom stereocenters. The second kappa shape index (κ2) is 8.30. The largest absolute Gasteiger partial charge is 0.463 e. The number of carbonyl (C=O) groups excluding carboxylic acids is 3. The van der Waals surface area contributed by atoms with Crippen LogP contribution in [-0.2, 0) is 19.1 Å². The van der Waals surface area contributed by atoms with E-state index >= 15 is 0 Å². The number of thiophene rings is 1. The Kier molecular flexibility index (Phi) is 6.14. The minimum atomic E-state index is -0.645. The molecule has 0 spiro atoms. The molecule has 2 heterocycles. The summed E-state index contributed by atoms with van der Waals surface area (Å²) >= 11 is 1.40. The molecule has 7 nitrogen and oxygen atoms in total. The summed E-state index contributed by atoms with van der Waals surface area (Å²) in [5, 5.41) is 7.07. The molecule has 1 aromatic rings. The lowest BCUT2D eigenvalue weighted by Crippen LogP contribution is -2.46. The molecule has 0 saturated heterocycles. The first kappa shape index (κ1) is 17.7. The predicted molar refractivity (Wildman–Crippen MR) is 88.2 cm³/mol. The van der Waals surface area contributed by atoms with Gasteiger partial charge in [0.05, 0.1) is 23.9 Å². The lowest BCUT2D eigenvalue weighted by atomic mass is 10.0. The number of hydrogen-bond donors (Lipinski definition) is 2. The minimum Gasteiger partial charge on any atom is -0.463 e. The SMILES string of the molecule is C/C=C/C(=O)OCC1=C(C(=O)OCC)[C@H](c2cccs2)NC(=O)N1. The van der Waals surface area contributed by atoms with E-state index in [1.54, 1.807) is 19.9 Å². The molecular formula is C16H18N2O5S. The average molecular weight is 350 g/mol. The molecule has 24 heavy (non-hydrogen) atoms. The van der Waals surface area contributed by atoms with E-state index in [1.165, 1.54) is 17.4 Å². The number of nitrogens with one attached hydrogen (secondary N) is 2. The molecule has 2 N–H and O–H groups in total. The Bertz CT molecular complexity index is 679. The fourth-order valence-electron chi connectivity index (χ4n) is 2.18. The van der Waals surface area contributed by atoms with Gasteiger partial charge in [-0.1, -0.05) is 12.1 Å². The van der Waals surface area contributed by atoms with Crippen LogP contribution in [0.5, 0.6) is 0 Å². The highest BCUT2D eigenvalue weighted by Crippen LogP contribution is 2.30. The number of esters is 2. The Hall–Kier alpha value is -2.61. The van der Waals surface area contributed by atoms with Gasteiger partial charge in [-0.3, -0.25) is 0 Å². The molecule has 0 bridgehead atoms. The number of allylic oxidation sites excluding steroid dienone is 1. The van der Waals surface area contributed by atoms with Crippen LogP contribution in [0.15, 0.2) is 40.9 Å². The second-order valence-corrected chi connectivity index (χ2v) is 5.75. The van der Waals surface area contributed by atoms with Crippen LogP contribution in [0.4, 0.5) is 4.79 Å². The summed E-state index contributed by atoms with van der Waals surface area (Å²) in [6.45, 7) is 3.34. The number of rotatable bonds is 6. The fraction of sp³-hybridized carbons (Fsp3) is 0.312. The second-order valence-electron chi connectivity index (χ2n) is 4.77. The van der Waals surface area contributed by atoms with Crippen LogP contribution in [0.2, 0.25) is 0 Å². The van der Waals surface area contributed by atoms with E-state index in [-0.39, 0.29) is 24.5 Å². The smallest absolute Gasteiger partial charge is 0.338 e. The molecule has 0 fully saturated rings. The van der Waals surface area contributed by atoms with E-state index in [2.05, 4.69) is 10.6 Å². The molecule has 2 rings (SSSR count). The standard InChI is InChI=1S/C16H18N2O5S/c1-3-6-12(19)23-9-10-13(15(20)22-4-2)14(18-16(21)17-10)11-7-5-8-24-11/h3,5-8,14H,4,9H2,1-2H3,(H2,17,18,21)/b6-3+/t14-/m0/s1. The summed E-state index contributed by atoms with van der Waals surface area (Å²) in [4.78, 5) is 36.6. The van der Waals surface area contributed by atoms with Gasteiger partial charge in [0.2, 0.25) is 0 Å². The average Bonchev–Trinajstić information content (AvgIpc) is 3.07. The molecular weight excluding hydrogens is 332 g/mol. The van der Waals surface area contributed by atoms with Crippen molar-refractivity contribution in [1.82, 2.24) is 10.6 Å². The third-order valence-corrected chi connectivity index (χ3v) is 4.08. The monoisotopic (exact) mass is 350 g/mol. The maximum Gasteiger partial charge on any atom is 0.338 e. The van der Waals surface area contributed by atoms with Crippen molar-refractivity contribution in [3.05, 3.63) is 45.8 Å². The van der Waals surface area contributed by atoms with Gasteiger partial charge < -0.3 is 20.1 Å². The van der Waals surface area contributed by atoms with Crippen LogP contribution in [-0.4, -0.2) is 31.2 Å². The van der Waals surface area contributed by atoms with Crippen LogP contribution in [0.1, 0.15) is 24.8 Å². The Morgan fingerprint density at radius 3 is 2.79 bits per heavy atom. The van der Waals surface area contributed by atoms with Gasteiger partial charge in [-0.05, 0) is 25.3 Å². The van der Waals surface area contributed by atoms with E-state index in [9.17, 15) is 14.4 Å². The zero-order chi connectivity index (χ0) is 17.5. The van der Waals surface area contributed by atoms with Crippen LogP contribution in [0, 0.1) is 0 Å². The van der Waals surface area contributed by atoms with E-state index < -0.39 is 24.0 Å². The Morgan fingerprint density at radius 2 is 2.17 bits per heavy atom. The van der Waals surface area contributed by atoms with Crippen molar-refractivity contribution in [3.63, 3.8) is 0 Å². The lowest BCUT2D eigenvalue weighted by molar-refractivity contribution is -0.140. The van der Waals surface area contributed by atoms with E-state index in [0.29, 0.717) is 0 Å². The normalized spacial score (nSPS) is 17.4. The van der Waals surface area contributed by atoms with Crippen LogP contribution < -0.4 is 10.6 Å². The van der Waals surface area contributed by atoms with Crippen molar-refractivity contribution >= 4 is 29.3 Å². The highest BCUT2D eigenvalue weighted by atomic mass is 32.1. The number of amides is 2. The first-order chi connectivity index (χ1) is 11.6. The predicted octanol–water partition coefficient (Wildman–Crippen LogP) is 2.04. The van der Waals surface area contributed by atoms with Gasteiger partial charge in [-0.15, -0.1) is 11.3 Å². The molecule has 128 valence electrons. The summed E-state index contributed by atoms with van der Waals surface area (Å²) in [6, 6.07) is 2.51. The molecule has 0 aliphatic carbocycles. The zero-order valence-electron chi connectivity index (χ0n) is 13.3. The van der Waals surface area contributed by atoms with Crippen LogP contribution >= 0.6 is 11.3 Å². The van der Waals surface area contributed by atoms with Crippen molar-refractivity contribution in [2.24, 2.45) is 0 Å². The molecule has 1 aliphatic heterocycles. The first-order valence-electron chi connectivity index (χ1n) is 7.37. The molecule has 2 amide bonds. The van der Waals surface area contributed by atoms with Crippen molar-refractivity contribution in [2.75, 3.05) is 13.2 Å². The summed E-state index contributed by atoms with van der Waals surface area (Å²) in [7, 11) is 0. The highest BCUT2D eigenvalue weighted by molar-refractivity contribution is 7.10. The van der Waals surface area contributed by atoms with Crippen molar-refractivity contribution in [1.29, 1.82) is 0 Å². The van der Waals surface area contributed by atoms with Crippen LogP contribution in [0.3, 0.4) is 0 Å². The summed E-state index contributed by atoms with van der Waals surface area (Å²) in [5.41, 5.74) is 0.445. The van der Waals surface area contributed by atoms with E-state index in [1.807, 2.05) is 17.5 Å². The first-order valence-corrected chi connectivity index (χ1v) is 8.25. The number of hydrogen-bond acceptors (Lipinski definition) is 6. The quantitative estimate of drug-likeness (QED) is 0.605. The fourth-order valence-corrected chi connectivity index (χ4v) is 2.96. The highest BCUT2D eigenvalue weighted by Gasteiger charge is 2.34. The van der Waals surface area contributed by atoms with Gasteiger partial charge in [0.15, 0.2) is 0 Å². The van der Waals surface area contributed by atoms with Gasteiger partial charge in [-0.2, -0.15) is 0 Å². The Morgan fingerprint density at radius 1 is 1.38 bits per heavy atom. The lowest BCUT2D eigenvalue weighted by Gasteiger charge is -2.28. The van der Waals surface area contributed by atoms with Gasteiger partial charge in [-0.25, -0.2) is 14.4 Å². The topological polar surface area (TPSA) is 93.7 Å². The van der Waals surface area contributed by atoms with Crippen LogP contribution in [0.25, 0.3) is 0 Å². The van der Waals surface area contributed by atoms with Crippen molar-refractivity contribution in [3.8, 4) is 0 Å². The number of ether oxygens (including phenoxy) is 2. The van der Waals surface area contributed by atoms with E-state index in [4.69, 9.17) is 9.47 Å². The zero-order valence-corrected chi connectivity index (χ0v) is 14.1. The molecule has 1 aliphatic rings. The minimum absolute atomic E-state index is 0.194. The van der Waals surface area contributed by atoms with Gasteiger partial charge in [0, 0.05) is 11.0 Å². The molecule has 1 aromatic heterocycles. The molecule has 1 atom stereocenters. The van der Waals surface area contributed by atoms with Gasteiger partial charge in [0.25, 0.3) is 0 Å². The Labute approximate surface area is 143 Å². The molecule has 8 heteroatoms. The summed E-state index contributed by atoms with van der Waals surface area (Å²) < 4.78 is 10.2. The van der Waals surface area contributed by atoms with Crippen molar-refractivity contribution < 1.29 is 23.9 Å². The number of urea groups is 1. The van der Waals surface area contributed by atoms with E-state index in [0.717, 1.165) is 4.88 Å². The van der Waals surface area contributed by atoms with Crippen molar-refractivity contribution in [2.45, 2.75) is 19.9 Å². The molecule has 0 aromatic carbocycles. The third-order valence-electron chi connectivity index (χ3n) is 3.14. The summed E-state index contributed by atoms with van der Waals surface area (Å²) in [6.07, 6.45) is 2.79. The van der Waals surface area contributed by atoms with Gasteiger partial charge in [0.1, 0.15) is 6.61 Å². The maximum atomic E-state index is 12.4. The van der Waals surface area contributed by atoms with Gasteiger partial charge >= 0.3 is 18.0 Å². The molecule has 0 saturated carbocycles. The number of carbonyl (C=O) groups is 3. The molecule has 0 radical (unpaired) electrons. The Balaban J connectivity index is 2.36. The third kappa shape index (κ3) is 4.23.